The van der Waals surface area contributed by atoms with Gasteiger partial charge in [-0.1, -0.05) is 6.92 Å². The number of likely N-dealkylation sites (tertiary alicyclic amines) is 1. The van der Waals surface area contributed by atoms with Crippen LogP contribution >= 0.6 is 0 Å². The van der Waals surface area contributed by atoms with E-state index < -0.39 is 5.60 Å². The lowest BCUT2D eigenvalue weighted by Crippen LogP contribution is -2.54. The van der Waals surface area contributed by atoms with Crippen LogP contribution in [0.4, 0.5) is 0 Å². The SMILES string of the molecule is COC1(C(=O)NCCCN2CCC(C)CC2)CCNCC1. The molecule has 2 aliphatic rings. The van der Waals surface area contributed by atoms with Crippen molar-refractivity contribution in [1.82, 2.24) is 15.5 Å². The van der Waals surface area contributed by atoms with Crippen molar-refractivity contribution in [3.05, 3.63) is 0 Å². The Balaban J connectivity index is 1.64. The zero-order valence-electron chi connectivity index (χ0n) is 13.6. The molecule has 0 bridgehead atoms. The first kappa shape index (κ1) is 16.7. The van der Waals surface area contributed by atoms with E-state index in [0.717, 1.165) is 51.4 Å². The third-order valence-electron chi connectivity index (χ3n) is 5.03. The van der Waals surface area contributed by atoms with Gasteiger partial charge in [0.05, 0.1) is 0 Å². The summed E-state index contributed by atoms with van der Waals surface area (Å²) in [5.74, 6) is 0.946. The van der Waals surface area contributed by atoms with E-state index >= 15 is 0 Å². The minimum absolute atomic E-state index is 0.0683. The van der Waals surface area contributed by atoms with Crippen LogP contribution < -0.4 is 10.6 Å². The topological polar surface area (TPSA) is 53.6 Å². The molecule has 0 spiro atoms. The van der Waals surface area contributed by atoms with Gasteiger partial charge in [0, 0.05) is 13.7 Å². The number of ether oxygens (including phenoxy) is 1. The molecule has 0 aromatic carbocycles. The molecule has 2 saturated heterocycles. The summed E-state index contributed by atoms with van der Waals surface area (Å²) in [5.41, 5.74) is -0.605. The Morgan fingerprint density at radius 2 is 2.00 bits per heavy atom. The van der Waals surface area contributed by atoms with Crippen LogP contribution in [0.15, 0.2) is 0 Å². The number of nitrogens with zero attached hydrogens (tertiary/aromatic N) is 1. The van der Waals surface area contributed by atoms with Crippen LogP contribution in [-0.2, 0) is 9.53 Å². The summed E-state index contributed by atoms with van der Waals surface area (Å²) >= 11 is 0. The molecule has 21 heavy (non-hydrogen) atoms. The predicted molar refractivity (Wildman–Crippen MR) is 84.3 cm³/mol. The number of hydrogen-bond donors (Lipinski definition) is 2. The highest BCUT2D eigenvalue weighted by Gasteiger charge is 2.39. The van der Waals surface area contributed by atoms with Gasteiger partial charge in [0.25, 0.3) is 5.91 Å². The van der Waals surface area contributed by atoms with Crippen molar-refractivity contribution < 1.29 is 9.53 Å². The van der Waals surface area contributed by atoms with Crippen molar-refractivity contribution in [2.24, 2.45) is 5.92 Å². The zero-order chi connectivity index (χ0) is 15.1. The summed E-state index contributed by atoms with van der Waals surface area (Å²) in [6.45, 7) is 8.31. The summed E-state index contributed by atoms with van der Waals surface area (Å²) in [4.78, 5) is 14.9. The molecule has 0 saturated carbocycles. The van der Waals surface area contributed by atoms with Gasteiger partial charge in [-0.2, -0.15) is 0 Å². The Bertz CT molecular complexity index is 321. The largest absolute Gasteiger partial charge is 0.368 e. The van der Waals surface area contributed by atoms with Crippen LogP contribution in [0.25, 0.3) is 0 Å². The van der Waals surface area contributed by atoms with Crippen LogP contribution in [0, 0.1) is 5.92 Å². The van der Waals surface area contributed by atoms with E-state index in [2.05, 4.69) is 22.5 Å². The molecular weight excluding hydrogens is 266 g/mol. The van der Waals surface area contributed by atoms with E-state index in [0.29, 0.717) is 0 Å². The normalized spacial score (nSPS) is 23.9. The highest BCUT2D eigenvalue weighted by molar-refractivity contribution is 5.85. The van der Waals surface area contributed by atoms with Crippen molar-refractivity contribution in [2.45, 2.75) is 44.6 Å². The predicted octanol–water partition coefficient (Wildman–Crippen LogP) is 0.993. The first-order chi connectivity index (χ1) is 10.2. The quantitative estimate of drug-likeness (QED) is 0.718. The molecule has 5 nitrogen and oxygen atoms in total. The van der Waals surface area contributed by atoms with E-state index in [4.69, 9.17) is 4.74 Å². The van der Waals surface area contributed by atoms with Gasteiger partial charge in [-0.3, -0.25) is 4.79 Å². The first-order valence-electron chi connectivity index (χ1n) is 8.43. The number of carbonyl (C=O) groups excluding carboxylic acids is 1. The standard InChI is InChI=1S/C16H31N3O2/c1-14-4-12-19(13-5-14)11-3-8-18-15(20)16(21-2)6-9-17-10-7-16/h14,17H,3-13H2,1-2H3,(H,18,20). The van der Waals surface area contributed by atoms with Gasteiger partial charge >= 0.3 is 0 Å². The zero-order valence-corrected chi connectivity index (χ0v) is 13.6. The second kappa shape index (κ2) is 8.11. The van der Waals surface area contributed by atoms with Crippen LogP contribution in [0.5, 0.6) is 0 Å². The summed E-state index contributed by atoms with van der Waals surface area (Å²) in [5, 5.41) is 6.35. The summed E-state index contributed by atoms with van der Waals surface area (Å²) in [6.07, 6.45) is 5.18. The van der Waals surface area contributed by atoms with E-state index in [1.54, 1.807) is 7.11 Å². The van der Waals surface area contributed by atoms with Gasteiger partial charge in [0.15, 0.2) is 0 Å². The lowest BCUT2D eigenvalue weighted by molar-refractivity contribution is -0.146. The smallest absolute Gasteiger partial charge is 0.252 e. The van der Waals surface area contributed by atoms with Crippen LogP contribution in [-0.4, -0.2) is 62.8 Å². The van der Waals surface area contributed by atoms with Crippen molar-refractivity contribution >= 4 is 5.91 Å². The molecule has 0 aliphatic carbocycles. The molecule has 0 radical (unpaired) electrons. The maximum absolute atomic E-state index is 12.4. The molecule has 5 heteroatoms. The fraction of sp³-hybridized carbons (Fsp3) is 0.938. The van der Waals surface area contributed by atoms with Crippen LogP contribution in [0.3, 0.4) is 0 Å². The fourth-order valence-electron chi connectivity index (χ4n) is 3.31. The lowest BCUT2D eigenvalue weighted by atomic mass is 9.91. The van der Waals surface area contributed by atoms with Gasteiger partial charge < -0.3 is 20.3 Å². The van der Waals surface area contributed by atoms with Gasteiger partial charge in [0.2, 0.25) is 0 Å². The highest BCUT2D eigenvalue weighted by Crippen LogP contribution is 2.22. The Morgan fingerprint density at radius 3 is 2.62 bits per heavy atom. The third-order valence-corrected chi connectivity index (χ3v) is 5.03. The second-order valence-electron chi connectivity index (χ2n) is 6.58. The Labute approximate surface area is 128 Å². The number of piperidine rings is 2. The molecule has 2 N–H and O–H groups in total. The Hall–Kier alpha value is -0.650. The van der Waals surface area contributed by atoms with E-state index in [9.17, 15) is 4.79 Å². The van der Waals surface area contributed by atoms with Gasteiger partial charge in [-0.05, 0) is 70.7 Å². The molecule has 0 aromatic heterocycles. The molecule has 122 valence electrons. The summed E-state index contributed by atoms with van der Waals surface area (Å²) in [7, 11) is 1.65. The lowest BCUT2D eigenvalue weighted by Gasteiger charge is -2.35. The van der Waals surface area contributed by atoms with Crippen molar-refractivity contribution in [3.63, 3.8) is 0 Å². The van der Waals surface area contributed by atoms with Crippen molar-refractivity contribution in [1.29, 1.82) is 0 Å². The highest BCUT2D eigenvalue weighted by atomic mass is 16.5. The van der Waals surface area contributed by atoms with Gasteiger partial charge in [-0.25, -0.2) is 0 Å². The second-order valence-corrected chi connectivity index (χ2v) is 6.58. The minimum Gasteiger partial charge on any atom is -0.368 e. The Morgan fingerprint density at radius 1 is 1.33 bits per heavy atom. The maximum Gasteiger partial charge on any atom is 0.252 e. The van der Waals surface area contributed by atoms with Crippen LogP contribution in [0.2, 0.25) is 0 Å². The van der Waals surface area contributed by atoms with Crippen molar-refractivity contribution in [3.8, 4) is 0 Å². The molecule has 2 fully saturated rings. The molecule has 1 amide bonds. The number of rotatable bonds is 6. The average molecular weight is 297 g/mol. The molecule has 2 heterocycles. The van der Waals surface area contributed by atoms with Crippen molar-refractivity contribution in [2.75, 3.05) is 46.4 Å². The number of hydrogen-bond acceptors (Lipinski definition) is 4. The van der Waals surface area contributed by atoms with E-state index in [-0.39, 0.29) is 5.91 Å². The summed E-state index contributed by atoms with van der Waals surface area (Å²) in [6, 6.07) is 0. The number of methoxy groups -OCH3 is 1. The summed E-state index contributed by atoms with van der Waals surface area (Å²) < 4.78 is 5.54. The number of carbonyl (C=O) groups is 1. The monoisotopic (exact) mass is 297 g/mol. The molecule has 2 aliphatic heterocycles. The first-order valence-corrected chi connectivity index (χ1v) is 8.43. The van der Waals surface area contributed by atoms with Gasteiger partial charge in [-0.15, -0.1) is 0 Å². The molecule has 0 aromatic rings. The minimum atomic E-state index is -0.605. The Kier molecular flexibility index (Phi) is 6.45. The molecule has 0 atom stereocenters. The number of amides is 1. The molecule has 0 unspecified atom stereocenters. The van der Waals surface area contributed by atoms with Crippen LogP contribution in [0.1, 0.15) is 39.0 Å². The average Bonchev–Trinajstić information content (AvgIpc) is 2.53. The third kappa shape index (κ3) is 4.66. The fourth-order valence-corrected chi connectivity index (χ4v) is 3.31. The van der Waals surface area contributed by atoms with E-state index in [1.165, 1.54) is 25.9 Å². The number of nitrogens with one attached hydrogen (secondary N) is 2. The molecular formula is C16H31N3O2. The maximum atomic E-state index is 12.4. The van der Waals surface area contributed by atoms with E-state index in [1.807, 2.05) is 0 Å². The van der Waals surface area contributed by atoms with Gasteiger partial charge in [0.1, 0.15) is 5.60 Å². The molecule has 2 rings (SSSR count).